The lowest BCUT2D eigenvalue weighted by Gasteiger charge is -2.07. The van der Waals surface area contributed by atoms with Gasteiger partial charge in [-0.3, -0.25) is 4.79 Å². The van der Waals surface area contributed by atoms with Crippen LogP contribution in [0.5, 0.6) is 0 Å². The summed E-state index contributed by atoms with van der Waals surface area (Å²) < 4.78 is 0. The molecule has 0 unspecified atom stereocenters. The standard InChI is InChI=1S/C20H20N4O/c1-15-7-9-17(10-8-15)12-22-20-23-13-18(14-24-20)19(25)21-11-16-5-3-2-4-6-16/h2-10,13-14H,11-12H2,1H3,(H,21,25)(H,22,23,24). The third-order valence-corrected chi connectivity index (χ3v) is 3.78. The second kappa shape index (κ2) is 8.06. The third kappa shape index (κ3) is 4.88. The van der Waals surface area contributed by atoms with Crippen molar-refractivity contribution in [1.82, 2.24) is 15.3 Å². The van der Waals surface area contributed by atoms with Gasteiger partial charge in [-0.25, -0.2) is 9.97 Å². The van der Waals surface area contributed by atoms with E-state index in [4.69, 9.17) is 0 Å². The monoisotopic (exact) mass is 332 g/mol. The Morgan fingerprint density at radius 2 is 1.52 bits per heavy atom. The third-order valence-electron chi connectivity index (χ3n) is 3.78. The van der Waals surface area contributed by atoms with Crippen molar-refractivity contribution in [3.63, 3.8) is 0 Å². The molecule has 2 N–H and O–H groups in total. The van der Waals surface area contributed by atoms with Gasteiger partial charge in [0.05, 0.1) is 5.56 Å². The van der Waals surface area contributed by atoms with E-state index in [1.807, 2.05) is 30.3 Å². The summed E-state index contributed by atoms with van der Waals surface area (Å²) in [4.78, 5) is 20.5. The van der Waals surface area contributed by atoms with Gasteiger partial charge in [-0.2, -0.15) is 0 Å². The highest BCUT2D eigenvalue weighted by Crippen LogP contribution is 2.07. The molecule has 0 bridgehead atoms. The van der Waals surface area contributed by atoms with E-state index in [1.165, 1.54) is 18.0 Å². The molecule has 0 saturated carbocycles. The average molecular weight is 332 g/mol. The normalized spacial score (nSPS) is 10.3. The molecule has 126 valence electrons. The Bertz CT molecular complexity index is 815. The molecular weight excluding hydrogens is 312 g/mol. The van der Waals surface area contributed by atoms with E-state index in [0.717, 1.165) is 11.1 Å². The second-order valence-electron chi connectivity index (χ2n) is 5.80. The molecule has 0 atom stereocenters. The van der Waals surface area contributed by atoms with Crippen molar-refractivity contribution in [3.8, 4) is 0 Å². The van der Waals surface area contributed by atoms with E-state index < -0.39 is 0 Å². The van der Waals surface area contributed by atoms with Crippen molar-refractivity contribution in [3.05, 3.63) is 89.2 Å². The van der Waals surface area contributed by atoms with Crippen LogP contribution in [0.4, 0.5) is 5.95 Å². The summed E-state index contributed by atoms with van der Waals surface area (Å²) in [6.07, 6.45) is 3.07. The molecular formula is C20H20N4O. The molecule has 0 fully saturated rings. The van der Waals surface area contributed by atoms with Gasteiger partial charge in [0.1, 0.15) is 0 Å². The number of amides is 1. The Balaban J connectivity index is 1.52. The van der Waals surface area contributed by atoms with Crippen LogP contribution in [0, 0.1) is 6.92 Å². The molecule has 0 aliphatic rings. The zero-order valence-electron chi connectivity index (χ0n) is 14.1. The molecule has 0 aliphatic carbocycles. The number of hydrogen-bond acceptors (Lipinski definition) is 4. The van der Waals surface area contributed by atoms with Crippen LogP contribution < -0.4 is 10.6 Å². The van der Waals surface area contributed by atoms with Gasteiger partial charge >= 0.3 is 0 Å². The van der Waals surface area contributed by atoms with Gasteiger partial charge < -0.3 is 10.6 Å². The molecule has 1 heterocycles. The number of nitrogens with zero attached hydrogens (tertiary/aromatic N) is 2. The minimum absolute atomic E-state index is 0.186. The van der Waals surface area contributed by atoms with Crippen molar-refractivity contribution in [1.29, 1.82) is 0 Å². The van der Waals surface area contributed by atoms with Crippen LogP contribution in [0.2, 0.25) is 0 Å². The molecule has 3 rings (SSSR count). The van der Waals surface area contributed by atoms with E-state index in [0.29, 0.717) is 24.6 Å². The van der Waals surface area contributed by atoms with E-state index in [1.54, 1.807) is 0 Å². The van der Waals surface area contributed by atoms with Crippen LogP contribution in [0.1, 0.15) is 27.0 Å². The quantitative estimate of drug-likeness (QED) is 0.726. The zero-order valence-corrected chi connectivity index (χ0v) is 14.1. The lowest BCUT2D eigenvalue weighted by molar-refractivity contribution is 0.0950. The lowest BCUT2D eigenvalue weighted by atomic mass is 10.1. The Labute approximate surface area is 147 Å². The van der Waals surface area contributed by atoms with Crippen LogP contribution in [0.3, 0.4) is 0 Å². The largest absolute Gasteiger partial charge is 0.350 e. The predicted octanol–water partition coefficient (Wildman–Crippen LogP) is 3.33. The average Bonchev–Trinajstić information content (AvgIpc) is 2.67. The fraction of sp³-hybridized carbons (Fsp3) is 0.150. The number of carbonyl (C=O) groups is 1. The minimum Gasteiger partial charge on any atom is -0.350 e. The Kier molecular flexibility index (Phi) is 5.36. The first-order valence-electron chi connectivity index (χ1n) is 8.14. The first-order valence-corrected chi connectivity index (χ1v) is 8.14. The number of carbonyl (C=O) groups excluding carboxylic acids is 1. The van der Waals surface area contributed by atoms with Crippen molar-refractivity contribution >= 4 is 11.9 Å². The highest BCUT2D eigenvalue weighted by molar-refractivity contribution is 5.93. The van der Waals surface area contributed by atoms with Crippen LogP contribution in [0.15, 0.2) is 67.0 Å². The summed E-state index contributed by atoms with van der Waals surface area (Å²) >= 11 is 0. The SMILES string of the molecule is Cc1ccc(CNc2ncc(C(=O)NCc3ccccc3)cn2)cc1. The second-order valence-corrected chi connectivity index (χ2v) is 5.80. The smallest absolute Gasteiger partial charge is 0.254 e. The van der Waals surface area contributed by atoms with Crippen molar-refractivity contribution in [2.45, 2.75) is 20.0 Å². The van der Waals surface area contributed by atoms with E-state index >= 15 is 0 Å². The molecule has 25 heavy (non-hydrogen) atoms. The Morgan fingerprint density at radius 3 is 2.20 bits per heavy atom. The lowest BCUT2D eigenvalue weighted by Crippen LogP contribution is -2.23. The van der Waals surface area contributed by atoms with E-state index in [-0.39, 0.29) is 5.91 Å². The fourth-order valence-corrected chi connectivity index (χ4v) is 2.30. The maximum atomic E-state index is 12.1. The predicted molar refractivity (Wildman–Crippen MR) is 98.1 cm³/mol. The summed E-state index contributed by atoms with van der Waals surface area (Å²) in [7, 11) is 0. The van der Waals surface area contributed by atoms with Gasteiger partial charge in [0.15, 0.2) is 0 Å². The molecule has 0 radical (unpaired) electrons. The van der Waals surface area contributed by atoms with E-state index in [9.17, 15) is 4.79 Å². The Hall–Kier alpha value is -3.21. The molecule has 5 nitrogen and oxygen atoms in total. The maximum absolute atomic E-state index is 12.1. The van der Waals surface area contributed by atoms with Crippen molar-refractivity contribution in [2.24, 2.45) is 0 Å². The molecule has 3 aromatic rings. The first kappa shape index (κ1) is 16.6. The number of nitrogens with one attached hydrogen (secondary N) is 2. The summed E-state index contributed by atoms with van der Waals surface area (Å²) in [6.45, 7) is 3.18. The van der Waals surface area contributed by atoms with Gasteiger partial charge in [0.25, 0.3) is 5.91 Å². The van der Waals surface area contributed by atoms with Crippen LogP contribution in [-0.4, -0.2) is 15.9 Å². The highest BCUT2D eigenvalue weighted by atomic mass is 16.1. The summed E-state index contributed by atoms with van der Waals surface area (Å²) in [5.41, 5.74) is 3.87. The molecule has 1 amide bonds. The van der Waals surface area contributed by atoms with Crippen molar-refractivity contribution < 1.29 is 4.79 Å². The highest BCUT2D eigenvalue weighted by Gasteiger charge is 2.07. The minimum atomic E-state index is -0.186. The summed E-state index contributed by atoms with van der Waals surface area (Å²) in [5, 5.41) is 6.01. The van der Waals surface area contributed by atoms with Gasteiger partial charge in [-0.05, 0) is 18.1 Å². The number of anilines is 1. The molecule has 5 heteroatoms. The number of hydrogen-bond donors (Lipinski definition) is 2. The van der Waals surface area contributed by atoms with Crippen LogP contribution in [-0.2, 0) is 13.1 Å². The number of benzene rings is 2. The summed E-state index contributed by atoms with van der Waals surface area (Å²) in [6, 6.07) is 18.0. The molecule has 2 aromatic carbocycles. The molecule has 0 saturated heterocycles. The fourth-order valence-electron chi connectivity index (χ4n) is 2.30. The zero-order chi connectivity index (χ0) is 17.5. The van der Waals surface area contributed by atoms with Gasteiger partial charge in [0.2, 0.25) is 5.95 Å². The maximum Gasteiger partial charge on any atom is 0.254 e. The van der Waals surface area contributed by atoms with E-state index in [2.05, 4.69) is 51.8 Å². The van der Waals surface area contributed by atoms with Gasteiger partial charge in [0, 0.05) is 25.5 Å². The molecule has 1 aromatic heterocycles. The topological polar surface area (TPSA) is 66.9 Å². The van der Waals surface area contributed by atoms with Gasteiger partial charge in [-0.1, -0.05) is 60.2 Å². The van der Waals surface area contributed by atoms with Crippen LogP contribution in [0.25, 0.3) is 0 Å². The first-order chi connectivity index (χ1) is 12.2. The summed E-state index contributed by atoms with van der Waals surface area (Å²) in [5.74, 6) is 0.314. The van der Waals surface area contributed by atoms with Crippen molar-refractivity contribution in [2.75, 3.05) is 5.32 Å². The molecule has 0 aliphatic heterocycles. The van der Waals surface area contributed by atoms with Gasteiger partial charge in [-0.15, -0.1) is 0 Å². The number of aryl methyl sites for hydroxylation is 1. The number of rotatable bonds is 6. The Morgan fingerprint density at radius 1 is 0.880 bits per heavy atom. The van der Waals surface area contributed by atoms with Crippen LogP contribution >= 0.6 is 0 Å². The molecule has 0 spiro atoms. The number of aromatic nitrogens is 2.